The third-order valence-electron chi connectivity index (χ3n) is 13.6. The van der Waals surface area contributed by atoms with Crippen molar-refractivity contribution in [1.82, 2.24) is 5.32 Å². The summed E-state index contributed by atoms with van der Waals surface area (Å²) in [5, 5.41) is 23.1. The van der Waals surface area contributed by atoms with Gasteiger partial charge in [0.05, 0.1) is 18.8 Å². The van der Waals surface area contributed by atoms with Crippen LogP contribution in [0.4, 0.5) is 0 Å². The van der Waals surface area contributed by atoms with Gasteiger partial charge in [0.2, 0.25) is 5.91 Å². The summed E-state index contributed by atoms with van der Waals surface area (Å²) >= 11 is 0. The zero-order chi connectivity index (χ0) is 46.3. The van der Waals surface area contributed by atoms with Crippen LogP contribution >= 0.6 is 0 Å². The number of amides is 1. The van der Waals surface area contributed by atoms with Gasteiger partial charge in [0.15, 0.2) is 0 Å². The molecule has 0 saturated carbocycles. The number of carbonyl (C=O) groups excluding carboxylic acids is 1. The molecule has 1 amide bonds. The Balaban J connectivity index is 3.51. The first-order valence-corrected chi connectivity index (χ1v) is 29.2. The lowest BCUT2D eigenvalue weighted by Gasteiger charge is -2.19. The van der Waals surface area contributed by atoms with E-state index in [0.29, 0.717) is 6.42 Å². The van der Waals surface area contributed by atoms with Crippen LogP contribution in [0.2, 0.25) is 0 Å². The molecule has 4 heteroatoms. The summed E-state index contributed by atoms with van der Waals surface area (Å²) in [6, 6.07) is -0.644. The number of unbranched alkanes of at least 4 members (excludes halogenated alkanes) is 43. The van der Waals surface area contributed by atoms with Crippen LogP contribution in [0, 0.1) is 0 Å². The smallest absolute Gasteiger partial charge is 0.220 e. The van der Waals surface area contributed by atoms with Crippen LogP contribution in [-0.4, -0.2) is 34.9 Å². The van der Waals surface area contributed by atoms with Crippen LogP contribution in [0.25, 0.3) is 0 Å². The number of allylic oxidation sites excluding steroid dienone is 5. The van der Waals surface area contributed by atoms with Gasteiger partial charge in [-0.2, -0.15) is 0 Å². The zero-order valence-electron chi connectivity index (χ0n) is 43.6. The fraction of sp³-hybridized carbons (Fsp3) is 0.883. The van der Waals surface area contributed by atoms with E-state index in [9.17, 15) is 15.0 Å². The van der Waals surface area contributed by atoms with E-state index in [1.54, 1.807) is 6.08 Å². The van der Waals surface area contributed by atoms with Crippen molar-refractivity contribution in [1.29, 1.82) is 0 Å². The van der Waals surface area contributed by atoms with Crippen LogP contribution in [-0.2, 0) is 4.79 Å². The molecule has 0 rings (SSSR count). The number of nitrogens with one attached hydrogen (secondary N) is 1. The van der Waals surface area contributed by atoms with E-state index in [4.69, 9.17) is 0 Å². The molecule has 2 unspecified atom stereocenters. The summed E-state index contributed by atoms with van der Waals surface area (Å²) in [4.78, 5) is 12.5. The van der Waals surface area contributed by atoms with Crippen LogP contribution in [0.15, 0.2) is 36.5 Å². The average molecular weight is 899 g/mol. The van der Waals surface area contributed by atoms with Gasteiger partial charge in [-0.25, -0.2) is 0 Å². The van der Waals surface area contributed by atoms with Crippen molar-refractivity contribution < 1.29 is 15.0 Å². The zero-order valence-corrected chi connectivity index (χ0v) is 43.6. The largest absolute Gasteiger partial charge is 0.394 e. The summed E-state index contributed by atoms with van der Waals surface area (Å²) in [6.07, 6.45) is 76.1. The van der Waals surface area contributed by atoms with Crippen LogP contribution in [0.5, 0.6) is 0 Å². The third-order valence-corrected chi connectivity index (χ3v) is 13.6. The van der Waals surface area contributed by atoms with Gasteiger partial charge < -0.3 is 15.5 Å². The standard InChI is InChI=1S/C60H115NO3/c1-3-5-7-9-11-13-15-17-19-21-23-24-25-26-27-28-29-30-31-32-33-34-35-36-38-39-41-43-45-47-49-51-53-55-59(63)58(57-62)61-60(64)56-54-52-50-48-46-44-42-40-37-22-20-18-16-14-12-10-8-6-4-2/h38-39,45,47,53,55,58-59,62-63H,3-37,40-44,46,48-52,54,56-57H2,1-2H3,(H,61,64)/b39-38+,47-45+,55-53+. The molecular weight excluding hydrogens is 783 g/mol. The lowest BCUT2D eigenvalue weighted by Crippen LogP contribution is -2.45. The van der Waals surface area contributed by atoms with Gasteiger partial charge in [-0.15, -0.1) is 0 Å². The van der Waals surface area contributed by atoms with Crippen LogP contribution in [0.1, 0.15) is 322 Å². The third kappa shape index (κ3) is 51.6. The Morgan fingerprint density at radius 3 is 0.906 bits per heavy atom. The number of aliphatic hydroxyl groups excluding tert-OH is 2. The second kappa shape index (κ2) is 55.9. The highest BCUT2D eigenvalue weighted by Gasteiger charge is 2.18. The van der Waals surface area contributed by atoms with E-state index < -0.39 is 12.1 Å². The van der Waals surface area contributed by atoms with Gasteiger partial charge in [-0.05, 0) is 44.9 Å². The van der Waals surface area contributed by atoms with Gasteiger partial charge >= 0.3 is 0 Å². The number of aliphatic hydroxyl groups is 2. The fourth-order valence-electron chi connectivity index (χ4n) is 9.16. The van der Waals surface area contributed by atoms with Gasteiger partial charge in [-0.1, -0.05) is 307 Å². The molecule has 0 bridgehead atoms. The summed E-state index contributed by atoms with van der Waals surface area (Å²) in [6.45, 7) is 4.33. The molecule has 2 atom stereocenters. The van der Waals surface area contributed by atoms with Crippen molar-refractivity contribution in [2.45, 2.75) is 334 Å². The maximum absolute atomic E-state index is 12.5. The van der Waals surface area contributed by atoms with Crippen molar-refractivity contribution in [3.63, 3.8) is 0 Å². The second-order valence-corrected chi connectivity index (χ2v) is 20.1. The molecule has 378 valence electrons. The first kappa shape index (κ1) is 62.6. The van der Waals surface area contributed by atoms with Gasteiger partial charge in [-0.3, -0.25) is 4.79 Å². The second-order valence-electron chi connectivity index (χ2n) is 20.1. The molecule has 0 saturated heterocycles. The molecule has 4 nitrogen and oxygen atoms in total. The van der Waals surface area contributed by atoms with Crippen molar-refractivity contribution in [3.8, 4) is 0 Å². The number of hydrogen-bond acceptors (Lipinski definition) is 3. The SMILES string of the molecule is CCCCCCCCCCCCCCCCCCCCCCCCC/C=C/CC/C=C/CC/C=C/C(O)C(CO)NC(=O)CCCCCCCCCCCCCCCCCCCCC. The maximum atomic E-state index is 12.5. The maximum Gasteiger partial charge on any atom is 0.220 e. The summed E-state index contributed by atoms with van der Waals surface area (Å²) in [7, 11) is 0. The normalized spacial score (nSPS) is 13.0. The first-order chi connectivity index (χ1) is 31.7. The monoisotopic (exact) mass is 898 g/mol. The van der Waals surface area contributed by atoms with Gasteiger partial charge in [0, 0.05) is 6.42 Å². The Labute approximate surface area is 402 Å². The Hall–Kier alpha value is -1.39. The molecule has 0 heterocycles. The van der Waals surface area contributed by atoms with Crippen LogP contribution < -0.4 is 5.32 Å². The molecule has 0 aromatic heterocycles. The van der Waals surface area contributed by atoms with E-state index in [1.165, 1.54) is 263 Å². The van der Waals surface area contributed by atoms with Crippen molar-refractivity contribution in [2.75, 3.05) is 6.61 Å². The molecular formula is C60H115NO3. The minimum atomic E-state index is -0.869. The molecule has 0 radical (unpaired) electrons. The molecule has 3 N–H and O–H groups in total. The average Bonchev–Trinajstić information content (AvgIpc) is 3.30. The molecule has 0 aromatic rings. The molecule has 0 aromatic carbocycles. The van der Waals surface area contributed by atoms with Crippen molar-refractivity contribution in [3.05, 3.63) is 36.5 Å². The highest BCUT2D eigenvalue weighted by atomic mass is 16.3. The van der Waals surface area contributed by atoms with Gasteiger partial charge in [0.25, 0.3) is 0 Å². The quantitative estimate of drug-likeness (QED) is 0.0421. The Morgan fingerprint density at radius 1 is 0.359 bits per heavy atom. The molecule has 0 aliphatic rings. The molecule has 0 spiro atoms. The Morgan fingerprint density at radius 2 is 0.609 bits per heavy atom. The topological polar surface area (TPSA) is 69.6 Å². The molecule has 0 aliphatic heterocycles. The predicted molar refractivity (Wildman–Crippen MR) is 285 cm³/mol. The summed E-state index contributed by atoms with van der Waals surface area (Å²) in [5.41, 5.74) is 0. The highest BCUT2D eigenvalue weighted by Crippen LogP contribution is 2.18. The summed E-state index contributed by atoms with van der Waals surface area (Å²) < 4.78 is 0. The minimum Gasteiger partial charge on any atom is -0.394 e. The Kier molecular flexibility index (Phi) is 54.7. The van der Waals surface area contributed by atoms with E-state index in [1.807, 2.05) is 6.08 Å². The van der Waals surface area contributed by atoms with Crippen LogP contribution in [0.3, 0.4) is 0 Å². The minimum absolute atomic E-state index is 0.0726. The summed E-state index contributed by atoms with van der Waals surface area (Å²) in [5.74, 6) is -0.0726. The van der Waals surface area contributed by atoms with Gasteiger partial charge in [0.1, 0.15) is 0 Å². The van der Waals surface area contributed by atoms with E-state index in [-0.39, 0.29) is 12.5 Å². The predicted octanol–water partition coefficient (Wildman–Crippen LogP) is 19.3. The lowest BCUT2D eigenvalue weighted by atomic mass is 10.0. The Bertz CT molecular complexity index is 974. The van der Waals surface area contributed by atoms with E-state index in [0.717, 1.165) is 38.5 Å². The lowest BCUT2D eigenvalue weighted by molar-refractivity contribution is -0.123. The molecule has 0 aliphatic carbocycles. The van der Waals surface area contributed by atoms with Crippen molar-refractivity contribution >= 4 is 5.91 Å². The number of hydrogen-bond donors (Lipinski definition) is 3. The molecule has 64 heavy (non-hydrogen) atoms. The highest BCUT2D eigenvalue weighted by molar-refractivity contribution is 5.76. The molecule has 0 fully saturated rings. The number of rotatable bonds is 54. The first-order valence-electron chi connectivity index (χ1n) is 29.2. The van der Waals surface area contributed by atoms with E-state index in [2.05, 4.69) is 43.5 Å². The van der Waals surface area contributed by atoms with E-state index >= 15 is 0 Å². The van der Waals surface area contributed by atoms with Crippen molar-refractivity contribution in [2.24, 2.45) is 0 Å². The number of carbonyl (C=O) groups is 1. The fourth-order valence-corrected chi connectivity index (χ4v) is 9.16.